The molecule has 2 unspecified atom stereocenters. The fourth-order valence-electron chi connectivity index (χ4n) is 6.87. The molecule has 2 atom stereocenters. The average Bonchev–Trinajstić information content (AvgIpc) is 3.25. The highest BCUT2D eigenvalue weighted by molar-refractivity contribution is 7.47. The third-order valence-corrected chi connectivity index (χ3v) is 11.7. The molecule has 0 fully saturated rings. The lowest BCUT2D eigenvalue weighted by Crippen LogP contribution is -2.29. The Bertz CT molecular complexity index is 1180. The number of phosphoric acid groups is 1. The van der Waals surface area contributed by atoms with Crippen LogP contribution in [0.5, 0.6) is 0 Å². The molecule has 0 heterocycles. The van der Waals surface area contributed by atoms with Crippen LogP contribution in [0.15, 0.2) is 60.8 Å². The smallest absolute Gasteiger partial charge is 0.462 e. The third-order valence-electron chi connectivity index (χ3n) is 10.7. The fraction of sp³-hybridized carbons (Fsp3) is 0.769. The lowest BCUT2D eigenvalue weighted by Gasteiger charge is -2.19. The Morgan fingerprint density at radius 1 is 0.459 bits per heavy atom. The van der Waals surface area contributed by atoms with Crippen molar-refractivity contribution in [3.8, 4) is 0 Å². The summed E-state index contributed by atoms with van der Waals surface area (Å²) < 4.78 is 32.1. The summed E-state index contributed by atoms with van der Waals surface area (Å²) >= 11 is 0. The van der Waals surface area contributed by atoms with E-state index < -0.39 is 26.5 Å². The van der Waals surface area contributed by atoms with Gasteiger partial charge in [-0.1, -0.05) is 197 Å². The second-order valence-electron chi connectivity index (χ2n) is 16.6. The molecule has 0 aliphatic heterocycles. The zero-order valence-corrected chi connectivity index (χ0v) is 40.5. The number of allylic oxidation sites excluding steroid dienone is 10. The van der Waals surface area contributed by atoms with Crippen LogP contribution in [0, 0.1) is 0 Å². The van der Waals surface area contributed by atoms with Gasteiger partial charge in [0.15, 0.2) is 6.10 Å². The molecule has 9 heteroatoms. The van der Waals surface area contributed by atoms with Crippen LogP contribution >= 0.6 is 7.82 Å². The summed E-state index contributed by atoms with van der Waals surface area (Å²) in [4.78, 5) is 34.6. The Hall–Kier alpha value is -2.25. The van der Waals surface area contributed by atoms with Crippen molar-refractivity contribution in [2.45, 2.75) is 238 Å². The lowest BCUT2D eigenvalue weighted by atomic mass is 10.0. The number of unbranched alkanes of at least 4 members (excludes halogenated alkanes) is 25. The Labute approximate surface area is 375 Å². The number of hydrogen-bond donors (Lipinski definition) is 1. The molecule has 0 saturated heterocycles. The fourth-order valence-corrected chi connectivity index (χ4v) is 7.33. The molecule has 0 amide bonds. The summed E-state index contributed by atoms with van der Waals surface area (Å²) in [5.74, 6) is -0.818. The van der Waals surface area contributed by atoms with E-state index in [4.69, 9.17) is 14.0 Å². The standard InChI is InChI=1S/C52H93O8P/c1-4-6-8-10-12-14-16-18-20-22-24-25-26-27-29-30-32-34-36-38-40-42-44-46-51(53)58-48-50(49-59-61(55,56)57-3)60-52(54)47-45-43-41-39-37-35-33-31-28-23-21-19-17-15-13-11-9-7-5-2/h13,15-16,18-19,21-22,24,28,31,50H,4-12,14,17,20,23,25-27,29-30,32-49H2,1-3H3,(H,55,56)/b15-13-,18-16-,21-19-,24-22-,31-28-. The third kappa shape index (κ3) is 47.1. The van der Waals surface area contributed by atoms with Crippen molar-refractivity contribution < 1.29 is 37.6 Å². The van der Waals surface area contributed by atoms with Gasteiger partial charge >= 0.3 is 19.8 Å². The van der Waals surface area contributed by atoms with Crippen molar-refractivity contribution in [1.82, 2.24) is 0 Å². The lowest BCUT2D eigenvalue weighted by molar-refractivity contribution is -0.161. The summed E-state index contributed by atoms with van der Waals surface area (Å²) in [5, 5.41) is 0. The molecule has 0 saturated carbocycles. The first kappa shape index (κ1) is 58.8. The Morgan fingerprint density at radius 2 is 0.787 bits per heavy atom. The molecule has 0 aliphatic rings. The van der Waals surface area contributed by atoms with Crippen molar-refractivity contribution in [3.05, 3.63) is 60.8 Å². The highest BCUT2D eigenvalue weighted by atomic mass is 31.2. The molecule has 354 valence electrons. The van der Waals surface area contributed by atoms with Gasteiger partial charge in [-0.2, -0.15) is 0 Å². The zero-order valence-electron chi connectivity index (χ0n) is 39.6. The Kier molecular flexibility index (Phi) is 45.5. The van der Waals surface area contributed by atoms with E-state index in [1.54, 1.807) is 0 Å². The second kappa shape index (κ2) is 47.2. The topological polar surface area (TPSA) is 108 Å². The highest BCUT2D eigenvalue weighted by Gasteiger charge is 2.24. The van der Waals surface area contributed by atoms with Gasteiger partial charge in [-0.05, 0) is 83.5 Å². The highest BCUT2D eigenvalue weighted by Crippen LogP contribution is 2.42. The van der Waals surface area contributed by atoms with E-state index in [0.717, 1.165) is 84.2 Å². The van der Waals surface area contributed by atoms with Crippen molar-refractivity contribution >= 4 is 19.8 Å². The van der Waals surface area contributed by atoms with Crippen LogP contribution in [0.25, 0.3) is 0 Å². The summed E-state index contributed by atoms with van der Waals surface area (Å²) in [6.07, 6.45) is 59.9. The number of carbonyl (C=O) groups is 2. The number of ether oxygens (including phenoxy) is 2. The summed E-state index contributed by atoms with van der Waals surface area (Å²) in [6.45, 7) is 3.86. The van der Waals surface area contributed by atoms with Crippen LogP contribution in [-0.4, -0.2) is 43.3 Å². The number of rotatable bonds is 46. The predicted octanol–water partition coefficient (Wildman–Crippen LogP) is 16.3. The Morgan fingerprint density at radius 3 is 1.20 bits per heavy atom. The van der Waals surface area contributed by atoms with Crippen molar-refractivity contribution in [2.75, 3.05) is 20.3 Å². The molecule has 0 radical (unpaired) electrons. The number of esters is 2. The molecule has 0 spiro atoms. The number of phosphoric ester groups is 1. The minimum absolute atomic E-state index is 0.228. The molecule has 0 aromatic rings. The quantitative estimate of drug-likeness (QED) is 0.0279. The van der Waals surface area contributed by atoms with Gasteiger partial charge < -0.3 is 14.4 Å². The Balaban J connectivity index is 3.94. The molecule has 0 bridgehead atoms. The first-order valence-electron chi connectivity index (χ1n) is 25.0. The van der Waals surface area contributed by atoms with Gasteiger partial charge in [0.25, 0.3) is 0 Å². The average molecular weight is 877 g/mol. The van der Waals surface area contributed by atoms with Gasteiger partial charge in [0.2, 0.25) is 0 Å². The molecular formula is C52H93O8P. The van der Waals surface area contributed by atoms with E-state index in [-0.39, 0.29) is 25.4 Å². The van der Waals surface area contributed by atoms with Gasteiger partial charge in [0.05, 0.1) is 6.61 Å². The minimum atomic E-state index is -4.27. The first-order valence-corrected chi connectivity index (χ1v) is 26.5. The summed E-state index contributed by atoms with van der Waals surface area (Å²) in [7, 11) is -3.21. The van der Waals surface area contributed by atoms with E-state index in [2.05, 4.69) is 79.1 Å². The molecule has 0 aromatic carbocycles. The van der Waals surface area contributed by atoms with E-state index >= 15 is 0 Å². The molecule has 61 heavy (non-hydrogen) atoms. The van der Waals surface area contributed by atoms with Gasteiger partial charge in [0, 0.05) is 20.0 Å². The monoisotopic (exact) mass is 877 g/mol. The SMILES string of the molecule is CCCCC/C=C\C/C=C\C/C=C\CCCCCCCCC(=O)OC(COC(=O)CCCCCCCCCCCCC/C=C\C/C=C\CCCCCCC)COP(=O)(O)OC. The van der Waals surface area contributed by atoms with E-state index in [1.807, 2.05) is 0 Å². The van der Waals surface area contributed by atoms with E-state index in [1.165, 1.54) is 122 Å². The maximum absolute atomic E-state index is 12.6. The van der Waals surface area contributed by atoms with Crippen LogP contribution in [0.1, 0.15) is 232 Å². The van der Waals surface area contributed by atoms with Gasteiger partial charge in [-0.15, -0.1) is 0 Å². The summed E-state index contributed by atoms with van der Waals surface area (Å²) in [6, 6.07) is 0. The van der Waals surface area contributed by atoms with Crippen molar-refractivity contribution in [3.63, 3.8) is 0 Å². The molecule has 0 rings (SSSR count). The van der Waals surface area contributed by atoms with Gasteiger partial charge in [0.1, 0.15) is 6.61 Å². The molecule has 0 aromatic heterocycles. The van der Waals surface area contributed by atoms with E-state index in [9.17, 15) is 19.0 Å². The van der Waals surface area contributed by atoms with Crippen LogP contribution < -0.4 is 0 Å². The van der Waals surface area contributed by atoms with Crippen LogP contribution in [0.2, 0.25) is 0 Å². The van der Waals surface area contributed by atoms with Crippen LogP contribution in [0.3, 0.4) is 0 Å². The second-order valence-corrected chi connectivity index (χ2v) is 18.2. The van der Waals surface area contributed by atoms with Crippen LogP contribution in [0.4, 0.5) is 0 Å². The van der Waals surface area contributed by atoms with Crippen molar-refractivity contribution in [2.24, 2.45) is 0 Å². The maximum atomic E-state index is 12.6. The number of carbonyl (C=O) groups excluding carboxylic acids is 2. The maximum Gasteiger partial charge on any atom is 0.472 e. The van der Waals surface area contributed by atoms with Gasteiger partial charge in [-0.25, -0.2) is 4.57 Å². The largest absolute Gasteiger partial charge is 0.472 e. The summed E-state index contributed by atoms with van der Waals surface area (Å²) in [5.41, 5.74) is 0. The molecule has 0 aliphatic carbocycles. The van der Waals surface area contributed by atoms with Gasteiger partial charge in [-0.3, -0.25) is 18.6 Å². The zero-order chi connectivity index (χ0) is 44.6. The molecule has 8 nitrogen and oxygen atoms in total. The van der Waals surface area contributed by atoms with Crippen LogP contribution in [-0.2, 0) is 32.7 Å². The first-order chi connectivity index (χ1) is 29.8. The predicted molar refractivity (Wildman–Crippen MR) is 258 cm³/mol. The molecule has 1 N–H and O–H groups in total. The number of hydrogen-bond acceptors (Lipinski definition) is 7. The van der Waals surface area contributed by atoms with Crippen molar-refractivity contribution in [1.29, 1.82) is 0 Å². The van der Waals surface area contributed by atoms with E-state index in [0.29, 0.717) is 6.42 Å². The molecular weight excluding hydrogens is 784 g/mol. The normalized spacial score (nSPS) is 13.7. The minimum Gasteiger partial charge on any atom is -0.462 e.